The lowest BCUT2D eigenvalue weighted by Crippen LogP contribution is -2.00. The van der Waals surface area contributed by atoms with Crippen molar-refractivity contribution in [2.75, 3.05) is 0 Å². The van der Waals surface area contributed by atoms with Gasteiger partial charge in [0.25, 0.3) is 20.2 Å². The lowest BCUT2D eigenvalue weighted by atomic mass is 10.0. The maximum absolute atomic E-state index is 12.6. The molecule has 0 aliphatic heterocycles. The predicted molar refractivity (Wildman–Crippen MR) is 209 cm³/mol. The Morgan fingerprint density at radius 2 is 0.685 bits per heavy atom. The van der Waals surface area contributed by atoms with Crippen molar-refractivity contribution in [3.8, 4) is 45.0 Å². The van der Waals surface area contributed by atoms with E-state index in [0.717, 1.165) is 32.8 Å². The Morgan fingerprint density at radius 1 is 0.333 bits per heavy atom. The lowest BCUT2D eigenvalue weighted by molar-refractivity contribution is 0.481. The van der Waals surface area contributed by atoms with Crippen LogP contribution in [0.2, 0.25) is 0 Å². The number of aromatic nitrogens is 4. The molecule has 0 fully saturated rings. The Balaban J connectivity index is 1.20. The molecular formula is C42H26N4O6S2. The normalized spacial score (nSPS) is 12.2. The average molecular weight is 747 g/mol. The molecule has 4 heterocycles. The van der Waals surface area contributed by atoms with Crippen molar-refractivity contribution in [1.29, 1.82) is 0 Å². The van der Waals surface area contributed by atoms with Crippen LogP contribution in [0, 0.1) is 0 Å². The highest BCUT2D eigenvalue weighted by molar-refractivity contribution is 7.86. The molecular weight excluding hydrogens is 721 g/mol. The van der Waals surface area contributed by atoms with E-state index in [9.17, 15) is 25.9 Å². The Morgan fingerprint density at radius 3 is 1.11 bits per heavy atom. The molecule has 0 saturated heterocycles. The number of pyridine rings is 4. The summed E-state index contributed by atoms with van der Waals surface area (Å²) in [6, 6.07) is 42.8. The quantitative estimate of drug-likeness (QED) is 0.124. The van der Waals surface area contributed by atoms with Crippen LogP contribution in [0.5, 0.6) is 0 Å². The molecule has 0 saturated carbocycles. The summed E-state index contributed by atoms with van der Waals surface area (Å²) in [6.07, 6.45) is 0. The van der Waals surface area contributed by atoms with Gasteiger partial charge in [0.1, 0.15) is 0 Å². The summed E-state index contributed by atoms with van der Waals surface area (Å²) < 4.78 is 68.8. The van der Waals surface area contributed by atoms with Gasteiger partial charge < -0.3 is 0 Å². The lowest BCUT2D eigenvalue weighted by Gasteiger charge is -2.12. The van der Waals surface area contributed by atoms with Crippen LogP contribution in [0.25, 0.3) is 88.6 Å². The van der Waals surface area contributed by atoms with Crippen molar-refractivity contribution in [3.63, 3.8) is 0 Å². The third-order valence-electron chi connectivity index (χ3n) is 9.33. The standard InChI is InChI=1S/C42H26N4O6S2/c47-53(48,49)33-8-4-7-30(22-33)36-18-14-27-10-12-29-16-20-38(46-42(29)40(27)44-36)32-21-31(23-34(24-32)54(50,51)52)37-19-15-28-11-9-26-13-17-35(25-5-2-1-3-6-25)43-39(26)41(28)45-37/h1-24H,(H,47,48,49)(H,50,51,52). The minimum Gasteiger partial charge on any atom is -0.282 e. The van der Waals surface area contributed by atoms with Crippen molar-refractivity contribution in [1.82, 2.24) is 19.9 Å². The first kappa shape index (κ1) is 33.4. The molecule has 12 heteroatoms. The van der Waals surface area contributed by atoms with Gasteiger partial charge in [0.15, 0.2) is 0 Å². The van der Waals surface area contributed by atoms with E-state index >= 15 is 0 Å². The highest BCUT2D eigenvalue weighted by Gasteiger charge is 2.18. The van der Waals surface area contributed by atoms with Crippen molar-refractivity contribution in [2.45, 2.75) is 9.79 Å². The maximum atomic E-state index is 12.6. The molecule has 0 aliphatic carbocycles. The highest BCUT2D eigenvalue weighted by atomic mass is 32.2. The molecule has 0 unspecified atom stereocenters. The molecule has 9 rings (SSSR count). The van der Waals surface area contributed by atoms with Gasteiger partial charge in [0.05, 0.1) is 54.6 Å². The van der Waals surface area contributed by atoms with Crippen LogP contribution in [0.1, 0.15) is 0 Å². The van der Waals surface area contributed by atoms with E-state index < -0.39 is 20.2 Å². The van der Waals surface area contributed by atoms with Crippen LogP contribution in [-0.2, 0) is 20.2 Å². The van der Waals surface area contributed by atoms with Gasteiger partial charge in [-0.3, -0.25) is 9.11 Å². The van der Waals surface area contributed by atoms with E-state index in [0.29, 0.717) is 55.8 Å². The third-order valence-corrected chi connectivity index (χ3v) is 11.0. The van der Waals surface area contributed by atoms with Crippen LogP contribution >= 0.6 is 0 Å². The summed E-state index contributed by atoms with van der Waals surface area (Å²) in [5.74, 6) is 0. The van der Waals surface area contributed by atoms with Crippen LogP contribution in [0.3, 0.4) is 0 Å². The number of benzene rings is 5. The SMILES string of the molecule is O=S(=O)(O)c1cccc(-c2ccc3ccc4ccc(-c5cc(-c6ccc7ccc8ccc(-c9ccccc9)nc8c7n6)cc(S(=O)(=O)O)c5)nc4c3n2)c1. The summed E-state index contributed by atoms with van der Waals surface area (Å²) >= 11 is 0. The first-order valence-electron chi connectivity index (χ1n) is 16.7. The van der Waals surface area contributed by atoms with Crippen molar-refractivity contribution in [2.24, 2.45) is 0 Å². The van der Waals surface area contributed by atoms with Crippen molar-refractivity contribution < 1.29 is 25.9 Å². The molecule has 0 amide bonds. The molecule has 10 nitrogen and oxygen atoms in total. The van der Waals surface area contributed by atoms with Crippen LogP contribution in [0.15, 0.2) is 155 Å². The maximum Gasteiger partial charge on any atom is 0.294 e. The average Bonchev–Trinajstić information content (AvgIpc) is 3.19. The van der Waals surface area contributed by atoms with E-state index in [1.807, 2.05) is 84.9 Å². The molecule has 0 atom stereocenters. The second kappa shape index (κ2) is 12.6. The molecule has 0 spiro atoms. The molecule has 2 N–H and O–H groups in total. The fourth-order valence-corrected chi connectivity index (χ4v) is 7.73. The zero-order valence-corrected chi connectivity index (χ0v) is 29.6. The molecule has 0 bridgehead atoms. The molecule has 54 heavy (non-hydrogen) atoms. The minimum absolute atomic E-state index is 0.253. The predicted octanol–water partition coefficient (Wildman–Crippen LogP) is 9.04. The van der Waals surface area contributed by atoms with Gasteiger partial charge in [-0.25, -0.2) is 19.9 Å². The summed E-state index contributed by atoms with van der Waals surface area (Å²) in [4.78, 5) is 19.2. The largest absolute Gasteiger partial charge is 0.294 e. The number of hydrogen-bond donors (Lipinski definition) is 2. The Hall–Kier alpha value is -6.44. The van der Waals surface area contributed by atoms with E-state index in [1.54, 1.807) is 30.3 Å². The van der Waals surface area contributed by atoms with E-state index in [-0.39, 0.29) is 9.79 Å². The van der Waals surface area contributed by atoms with Crippen LogP contribution < -0.4 is 0 Å². The monoisotopic (exact) mass is 746 g/mol. The van der Waals surface area contributed by atoms with E-state index in [4.69, 9.17) is 19.9 Å². The Bertz CT molecular complexity index is 3230. The third kappa shape index (κ3) is 6.12. The molecule has 262 valence electrons. The van der Waals surface area contributed by atoms with Gasteiger partial charge in [0, 0.05) is 43.8 Å². The van der Waals surface area contributed by atoms with E-state index in [2.05, 4.69) is 0 Å². The highest BCUT2D eigenvalue weighted by Crippen LogP contribution is 2.34. The van der Waals surface area contributed by atoms with Crippen molar-refractivity contribution in [3.05, 3.63) is 146 Å². The number of hydrogen-bond acceptors (Lipinski definition) is 8. The van der Waals surface area contributed by atoms with Crippen molar-refractivity contribution >= 4 is 63.8 Å². The van der Waals surface area contributed by atoms with E-state index in [1.165, 1.54) is 30.3 Å². The summed E-state index contributed by atoms with van der Waals surface area (Å²) in [6.45, 7) is 0. The number of rotatable bonds is 6. The van der Waals surface area contributed by atoms with Crippen LogP contribution in [0.4, 0.5) is 0 Å². The minimum atomic E-state index is -4.65. The molecule has 0 aliphatic rings. The molecule has 4 aromatic heterocycles. The van der Waals surface area contributed by atoms with Gasteiger partial charge in [0.2, 0.25) is 0 Å². The second-order valence-corrected chi connectivity index (χ2v) is 15.6. The summed E-state index contributed by atoms with van der Waals surface area (Å²) in [5, 5.41) is 3.29. The first-order chi connectivity index (χ1) is 26.0. The molecule has 0 radical (unpaired) electrons. The van der Waals surface area contributed by atoms with Gasteiger partial charge >= 0.3 is 0 Å². The fourth-order valence-electron chi connectivity index (χ4n) is 6.65. The Labute approximate surface area is 309 Å². The summed E-state index contributed by atoms with van der Waals surface area (Å²) in [5.41, 5.74) is 6.83. The van der Waals surface area contributed by atoms with Gasteiger partial charge in [-0.05, 0) is 54.6 Å². The zero-order chi connectivity index (χ0) is 37.2. The van der Waals surface area contributed by atoms with Gasteiger partial charge in [-0.15, -0.1) is 0 Å². The second-order valence-electron chi connectivity index (χ2n) is 12.8. The number of nitrogens with zero attached hydrogens (tertiary/aromatic N) is 4. The molecule has 5 aromatic carbocycles. The topological polar surface area (TPSA) is 160 Å². The smallest absolute Gasteiger partial charge is 0.282 e. The van der Waals surface area contributed by atoms with Gasteiger partial charge in [-0.1, -0.05) is 91.0 Å². The summed E-state index contributed by atoms with van der Waals surface area (Å²) in [7, 11) is -9.07. The van der Waals surface area contributed by atoms with Gasteiger partial charge in [-0.2, -0.15) is 16.8 Å². The number of fused-ring (bicyclic) bond motifs is 6. The fraction of sp³-hybridized carbons (Fsp3) is 0. The molecule has 9 aromatic rings. The Kier molecular flexibility index (Phi) is 7.80. The zero-order valence-electron chi connectivity index (χ0n) is 28.0. The van der Waals surface area contributed by atoms with Crippen LogP contribution in [-0.4, -0.2) is 45.9 Å². The first-order valence-corrected chi connectivity index (χ1v) is 19.5.